The zero-order chi connectivity index (χ0) is 15.2. The Kier molecular flexibility index (Phi) is 2.37. The number of H-pyrrole nitrogens is 1. The highest BCUT2D eigenvalue weighted by Gasteiger charge is 2.14. The fourth-order valence-electron chi connectivity index (χ4n) is 2.55. The number of rotatable bonds is 3. The molecule has 0 unspecified atom stereocenters. The molecule has 0 spiro atoms. The van der Waals surface area contributed by atoms with Gasteiger partial charge in [0, 0.05) is 11.8 Å². The predicted molar refractivity (Wildman–Crippen MR) is 87.3 cm³/mol. The number of imidazole rings is 1. The lowest BCUT2D eigenvalue weighted by molar-refractivity contribution is 1.10. The Morgan fingerprint density at radius 2 is 2.09 bits per heavy atom. The van der Waals surface area contributed by atoms with Gasteiger partial charge in [-0.05, 0) is 12.1 Å². The number of hydrogen-bond acceptors (Lipinski definition) is 5. The fourth-order valence-corrected chi connectivity index (χ4v) is 2.55. The van der Waals surface area contributed by atoms with Crippen molar-refractivity contribution < 1.29 is 0 Å². The smallest absolute Gasteiger partial charge is 0.162 e. The molecular formula is C16H11N7. The Morgan fingerprint density at radius 1 is 1.13 bits per heavy atom. The summed E-state index contributed by atoms with van der Waals surface area (Å²) in [6.45, 7) is 0. The van der Waals surface area contributed by atoms with E-state index in [0.717, 1.165) is 28.1 Å². The molecule has 0 radical (unpaired) electrons. The van der Waals surface area contributed by atoms with Gasteiger partial charge in [0.2, 0.25) is 0 Å². The lowest BCUT2D eigenvalue weighted by atomic mass is 10.1. The standard InChI is InChI=1S/C16H11N7/c1-2-7-23-12(6-1)17-9-13(23)20-16-14-11(8-18-22-14)19-15(21-16)10-4-3-5-10/h1-9H,(H,18,22)(H,19,20,21). The molecule has 4 aromatic rings. The van der Waals surface area contributed by atoms with Gasteiger partial charge < -0.3 is 5.32 Å². The minimum atomic E-state index is 0.675. The third kappa shape index (κ3) is 1.83. The van der Waals surface area contributed by atoms with Crippen molar-refractivity contribution in [2.24, 2.45) is 0 Å². The minimum Gasteiger partial charge on any atom is -0.323 e. The Bertz CT molecular complexity index is 1100. The summed E-state index contributed by atoms with van der Waals surface area (Å²) >= 11 is 0. The van der Waals surface area contributed by atoms with Crippen LogP contribution in [0.1, 0.15) is 5.82 Å². The maximum Gasteiger partial charge on any atom is 0.162 e. The van der Waals surface area contributed by atoms with E-state index in [0.29, 0.717) is 11.6 Å². The molecule has 4 aromatic heterocycles. The molecule has 1 aliphatic carbocycles. The van der Waals surface area contributed by atoms with Crippen molar-refractivity contribution in [1.82, 2.24) is 29.5 Å². The van der Waals surface area contributed by atoms with Gasteiger partial charge in [0.1, 0.15) is 22.5 Å². The molecule has 7 nitrogen and oxygen atoms in total. The molecule has 0 atom stereocenters. The van der Waals surface area contributed by atoms with Gasteiger partial charge in [-0.25, -0.2) is 15.0 Å². The van der Waals surface area contributed by atoms with E-state index in [9.17, 15) is 0 Å². The summed E-state index contributed by atoms with van der Waals surface area (Å²) in [5.41, 5.74) is 3.42. The van der Waals surface area contributed by atoms with Crippen LogP contribution in [0.4, 0.5) is 11.6 Å². The van der Waals surface area contributed by atoms with E-state index in [4.69, 9.17) is 0 Å². The molecule has 0 fully saturated rings. The Balaban J connectivity index is 1.65. The van der Waals surface area contributed by atoms with Crippen molar-refractivity contribution in [3.63, 3.8) is 0 Å². The van der Waals surface area contributed by atoms with Crippen LogP contribution in [0, 0.1) is 0 Å². The topological polar surface area (TPSA) is 83.8 Å². The van der Waals surface area contributed by atoms with Crippen molar-refractivity contribution in [2.45, 2.75) is 0 Å². The van der Waals surface area contributed by atoms with Gasteiger partial charge in [0.05, 0.1) is 12.4 Å². The second kappa shape index (κ2) is 4.51. The monoisotopic (exact) mass is 301 g/mol. The lowest BCUT2D eigenvalue weighted by Crippen LogP contribution is -2.03. The van der Waals surface area contributed by atoms with Crippen LogP contribution in [0.2, 0.25) is 0 Å². The average molecular weight is 301 g/mol. The molecule has 0 bridgehead atoms. The summed E-state index contributed by atoms with van der Waals surface area (Å²) in [5, 5.41) is 10.3. The maximum atomic E-state index is 4.62. The molecule has 2 N–H and O–H groups in total. The molecule has 0 amide bonds. The van der Waals surface area contributed by atoms with Gasteiger partial charge in [0.25, 0.3) is 0 Å². The van der Waals surface area contributed by atoms with Crippen molar-refractivity contribution >= 4 is 33.9 Å². The van der Waals surface area contributed by atoms with Crippen LogP contribution in [-0.2, 0) is 0 Å². The van der Waals surface area contributed by atoms with Gasteiger partial charge in [-0.2, -0.15) is 5.10 Å². The second-order valence-corrected chi connectivity index (χ2v) is 5.20. The first-order chi connectivity index (χ1) is 11.4. The number of aromatic nitrogens is 6. The van der Waals surface area contributed by atoms with Gasteiger partial charge in [-0.1, -0.05) is 24.3 Å². The highest BCUT2D eigenvalue weighted by Crippen LogP contribution is 2.26. The zero-order valence-electron chi connectivity index (χ0n) is 11.9. The molecule has 7 heteroatoms. The predicted octanol–water partition coefficient (Wildman–Crippen LogP) is 2.70. The van der Waals surface area contributed by atoms with Gasteiger partial charge in [-0.15, -0.1) is 0 Å². The van der Waals surface area contributed by atoms with E-state index in [1.54, 1.807) is 12.4 Å². The first-order valence-corrected chi connectivity index (χ1v) is 7.17. The molecule has 4 heterocycles. The molecule has 0 saturated heterocycles. The SMILES string of the molecule is C1=CC(c2nc(Nc3cnc4ccccn34)c3[nH]ncc3n2)=C1. The van der Waals surface area contributed by atoms with Crippen LogP contribution in [0.5, 0.6) is 0 Å². The van der Waals surface area contributed by atoms with Crippen LogP contribution in [-0.4, -0.2) is 29.5 Å². The summed E-state index contributed by atoms with van der Waals surface area (Å²) < 4.78 is 1.96. The summed E-state index contributed by atoms with van der Waals surface area (Å²) in [5.74, 6) is 2.19. The van der Waals surface area contributed by atoms with Gasteiger partial charge >= 0.3 is 0 Å². The van der Waals surface area contributed by atoms with Crippen molar-refractivity contribution in [2.75, 3.05) is 5.32 Å². The quantitative estimate of drug-likeness (QED) is 0.608. The Labute approximate surface area is 130 Å². The van der Waals surface area contributed by atoms with Crippen LogP contribution in [0.25, 0.3) is 22.3 Å². The molecule has 110 valence electrons. The third-order valence-corrected chi connectivity index (χ3v) is 3.77. The van der Waals surface area contributed by atoms with E-state index in [2.05, 4.69) is 30.5 Å². The molecule has 5 rings (SSSR count). The molecule has 0 aliphatic heterocycles. The average Bonchev–Trinajstić information content (AvgIpc) is 3.13. The summed E-state index contributed by atoms with van der Waals surface area (Å²) in [7, 11) is 0. The first-order valence-electron chi connectivity index (χ1n) is 7.17. The molecule has 0 aromatic carbocycles. The number of anilines is 2. The van der Waals surface area contributed by atoms with E-state index in [1.165, 1.54) is 0 Å². The van der Waals surface area contributed by atoms with Gasteiger partial charge in [0.15, 0.2) is 11.6 Å². The summed E-state index contributed by atoms with van der Waals surface area (Å²) in [4.78, 5) is 13.5. The van der Waals surface area contributed by atoms with Crippen LogP contribution in [0.15, 0.2) is 55.0 Å². The van der Waals surface area contributed by atoms with Crippen LogP contribution in [0.3, 0.4) is 0 Å². The summed E-state index contributed by atoms with van der Waals surface area (Å²) in [6.07, 6.45) is 11.4. The number of allylic oxidation sites excluding steroid dienone is 4. The number of fused-ring (bicyclic) bond motifs is 2. The van der Waals surface area contributed by atoms with E-state index >= 15 is 0 Å². The number of nitrogens with zero attached hydrogens (tertiary/aromatic N) is 5. The van der Waals surface area contributed by atoms with E-state index in [1.807, 2.05) is 47.0 Å². The molecular weight excluding hydrogens is 290 g/mol. The highest BCUT2D eigenvalue weighted by molar-refractivity contribution is 5.89. The largest absolute Gasteiger partial charge is 0.323 e. The lowest BCUT2D eigenvalue weighted by Gasteiger charge is -2.10. The van der Waals surface area contributed by atoms with E-state index in [-0.39, 0.29) is 0 Å². The molecule has 0 saturated carbocycles. The molecule has 1 aliphatic rings. The minimum absolute atomic E-state index is 0.675. The second-order valence-electron chi connectivity index (χ2n) is 5.20. The van der Waals surface area contributed by atoms with Crippen molar-refractivity contribution in [3.8, 4) is 0 Å². The Hall–Kier alpha value is -3.48. The maximum absolute atomic E-state index is 4.62. The van der Waals surface area contributed by atoms with Crippen LogP contribution < -0.4 is 5.32 Å². The highest BCUT2D eigenvalue weighted by atomic mass is 15.2. The van der Waals surface area contributed by atoms with Gasteiger partial charge in [-0.3, -0.25) is 9.50 Å². The van der Waals surface area contributed by atoms with Crippen molar-refractivity contribution in [1.29, 1.82) is 0 Å². The number of aromatic amines is 1. The third-order valence-electron chi connectivity index (χ3n) is 3.77. The number of pyridine rings is 1. The Morgan fingerprint density at radius 3 is 2.96 bits per heavy atom. The zero-order valence-corrected chi connectivity index (χ0v) is 11.9. The van der Waals surface area contributed by atoms with Crippen molar-refractivity contribution in [3.05, 3.63) is 60.8 Å². The number of nitrogens with one attached hydrogen (secondary N) is 2. The number of hydrogen-bond donors (Lipinski definition) is 2. The summed E-state index contributed by atoms with van der Waals surface area (Å²) in [6, 6.07) is 5.87. The first kappa shape index (κ1) is 12.1. The normalized spacial score (nSPS) is 13.3. The van der Waals surface area contributed by atoms with Crippen LogP contribution >= 0.6 is 0 Å². The fraction of sp³-hybridized carbons (Fsp3) is 0. The van der Waals surface area contributed by atoms with E-state index < -0.39 is 0 Å². The molecule has 23 heavy (non-hydrogen) atoms.